The van der Waals surface area contributed by atoms with Gasteiger partial charge in [0.15, 0.2) is 48.0 Å². The lowest BCUT2D eigenvalue weighted by Gasteiger charge is -2.40. The first-order valence-electron chi connectivity index (χ1n) is 24.8. The van der Waals surface area contributed by atoms with E-state index in [4.69, 9.17) is 126 Å². The zero-order valence-electron chi connectivity index (χ0n) is 42.0. The van der Waals surface area contributed by atoms with Crippen molar-refractivity contribution in [3.05, 3.63) is 35.4 Å². The molecule has 4 unspecified atom stereocenters. The van der Waals surface area contributed by atoms with Crippen LogP contribution in [0.4, 0.5) is 21.0 Å². The average Bonchev–Trinajstić information content (AvgIpc) is 3.98. The van der Waals surface area contributed by atoms with Crippen molar-refractivity contribution >= 4 is 105 Å². The highest BCUT2D eigenvalue weighted by Gasteiger charge is 2.54. The number of fused-ring (bicyclic) bond motifs is 4. The van der Waals surface area contributed by atoms with Gasteiger partial charge in [-0.2, -0.15) is 0 Å². The van der Waals surface area contributed by atoms with Crippen molar-refractivity contribution in [2.24, 2.45) is 11.8 Å². The molecule has 4 saturated heterocycles. The zero-order valence-corrected chi connectivity index (χ0v) is 46.5. The van der Waals surface area contributed by atoms with Crippen LogP contribution in [0.15, 0.2) is 24.3 Å². The Kier molecular flexibility index (Phi) is 19.7. The summed E-state index contributed by atoms with van der Waals surface area (Å²) in [5, 5.41) is 0. The van der Waals surface area contributed by atoms with Crippen LogP contribution in [0.2, 0.25) is 0 Å². The third kappa shape index (κ3) is 13.6. The summed E-state index contributed by atoms with van der Waals surface area (Å²) in [5.74, 6) is -0.348. The van der Waals surface area contributed by atoms with Gasteiger partial charge in [-0.05, 0) is 69.9 Å². The predicted octanol–water partition coefficient (Wildman–Crippen LogP) is 8.90. The summed E-state index contributed by atoms with van der Waals surface area (Å²) in [5.41, 5.74) is 0.592. The van der Waals surface area contributed by atoms with E-state index in [-0.39, 0.29) is 95.6 Å². The number of amides is 4. The largest absolute Gasteiger partial charge is 0.493 e. The number of anilines is 2. The Hall–Kier alpha value is -3.38. The lowest BCUT2D eigenvalue weighted by molar-refractivity contribution is -0.198. The van der Waals surface area contributed by atoms with Crippen molar-refractivity contribution in [2.45, 2.75) is 102 Å². The Morgan fingerprint density at radius 3 is 1.31 bits per heavy atom. The van der Waals surface area contributed by atoms with E-state index in [2.05, 4.69) is 0 Å². The van der Waals surface area contributed by atoms with E-state index in [0.29, 0.717) is 58.4 Å². The second kappa shape index (κ2) is 25.6. The van der Waals surface area contributed by atoms with Gasteiger partial charge in [0.05, 0.1) is 76.2 Å². The number of methoxy groups -OCH3 is 4. The van der Waals surface area contributed by atoms with Gasteiger partial charge in [0.2, 0.25) is 7.59 Å². The summed E-state index contributed by atoms with van der Waals surface area (Å²) in [7, 11) is 5.78. The summed E-state index contributed by atoms with van der Waals surface area (Å²) in [6.07, 6.45) is 0.398. The number of halogens is 6. The molecular weight excluding hydrogens is 1110 g/mol. The summed E-state index contributed by atoms with van der Waals surface area (Å²) in [4.78, 5) is 63.8. The zero-order chi connectivity index (χ0) is 53.6. The molecule has 0 aliphatic carbocycles. The van der Waals surface area contributed by atoms with Crippen molar-refractivity contribution < 1.29 is 76.0 Å². The van der Waals surface area contributed by atoms with E-state index >= 15 is 0 Å². The number of benzene rings is 2. The Bertz CT molecular complexity index is 2180. The smallest absolute Gasteiger partial charge is 0.416 e. The van der Waals surface area contributed by atoms with Crippen LogP contribution >= 0.6 is 69.6 Å². The maximum atomic E-state index is 14.6. The quantitative estimate of drug-likeness (QED) is 0.101. The van der Waals surface area contributed by atoms with E-state index in [1.807, 2.05) is 0 Å². The van der Waals surface area contributed by atoms with Crippen molar-refractivity contribution in [1.29, 1.82) is 0 Å². The van der Waals surface area contributed by atoms with Gasteiger partial charge >= 0.3 is 12.2 Å². The number of carbonyl (C=O) groups is 4. The lowest BCUT2D eigenvalue weighted by atomic mass is 9.99. The summed E-state index contributed by atoms with van der Waals surface area (Å²) < 4.78 is 67.9. The van der Waals surface area contributed by atoms with Crippen LogP contribution < -0.4 is 28.7 Å². The van der Waals surface area contributed by atoms with Crippen molar-refractivity contribution in [3.63, 3.8) is 0 Å². The monoisotopic (exact) mass is 1170 g/mol. The molecule has 26 heteroatoms. The molecule has 0 radical (unpaired) electrons. The van der Waals surface area contributed by atoms with Crippen LogP contribution in [-0.4, -0.2) is 173 Å². The molecule has 6 aliphatic heterocycles. The van der Waals surface area contributed by atoms with Gasteiger partial charge in [-0.3, -0.25) is 9.59 Å². The van der Waals surface area contributed by atoms with E-state index in [1.165, 1.54) is 62.5 Å². The number of carbonyl (C=O) groups excluding carboxylic acids is 4. The number of alkyl halides is 6. The highest BCUT2D eigenvalue weighted by molar-refractivity contribution is 6.68. The van der Waals surface area contributed by atoms with Crippen LogP contribution in [0.5, 0.6) is 23.0 Å². The number of hydrogen-bond donors (Lipinski definition) is 0. The van der Waals surface area contributed by atoms with Gasteiger partial charge in [-0.1, -0.05) is 69.6 Å². The van der Waals surface area contributed by atoms with E-state index in [0.717, 1.165) is 25.7 Å². The second-order valence-corrected chi connectivity index (χ2v) is 23.8. The van der Waals surface area contributed by atoms with Gasteiger partial charge in [0.25, 0.3) is 11.8 Å². The van der Waals surface area contributed by atoms with Gasteiger partial charge in [0, 0.05) is 63.5 Å². The Balaban J connectivity index is 0.981. The van der Waals surface area contributed by atoms with Crippen LogP contribution in [0.1, 0.15) is 78.5 Å². The van der Waals surface area contributed by atoms with Crippen molar-refractivity contribution in [2.75, 3.05) is 104 Å². The van der Waals surface area contributed by atoms with Gasteiger partial charge in [0.1, 0.15) is 13.2 Å². The molecule has 4 fully saturated rings. The standard InChI is InChI=1S/C49H62Cl6N4O16/c1-64-34-20-30-32(22-36(34)66-3)58(46(62)72-26-48(50,51)52)44(74-38-10-5-7-18-70-38)40-28(12-14-56(40)42(30)60)24-68-16-9-17-69-25-29-13-15-57-41(29)45(75-39-11-6-8-19-71-39)59(47(63)73-27-49(53,54)55)33-23-37(67-4)35(65-2)21-31(33)43(57)61/h20-23,28-29,38-41,44-45H,5-19,24-27H2,1-4H3/t28-,29-,38?,39?,40-,41-,44?,45?/m0/s1. The molecule has 8 rings (SSSR count). The van der Waals surface area contributed by atoms with Gasteiger partial charge in [-0.25, -0.2) is 19.4 Å². The lowest BCUT2D eigenvalue weighted by Crippen LogP contribution is -2.56. The minimum absolute atomic E-state index is 0.148. The molecule has 75 heavy (non-hydrogen) atoms. The summed E-state index contributed by atoms with van der Waals surface area (Å²) in [6, 6.07) is 4.62. The van der Waals surface area contributed by atoms with Gasteiger partial charge < -0.3 is 66.6 Å². The molecule has 8 atom stereocenters. The minimum Gasteiger partial charge on any atom is -0.493 e. The fraction of sp³-hybridized carbons (Fsp3) is 0.673. The minimum atomic E-state index is -1.94. The number of hydrogen-bond acceptors (Lipinski definition) is 16. The first-order valence-corrected chi connectivity index (χ1v) is 27.1. The molecule has 2 aromatic carbocycles. The molecule has 4 amide bonds. The first kappa shape index (κ1) is 57.8. The molecule has 6 aliphatic rings. The van der Waals surface area contributed by atoms with E-state index < -0.39 is 70.1 Å². The normalized spacial score (nSPS) is 25.9. The van der Waals surface area contributed by atoms with Crippen LogP contribution in [0, 0.1) is 11.8 Å². The molecule has 0 aromatic heterocycles. The highest BCUT2D eigenvalue weighted by Crippen LogP contribution is 2.46. The molecule has 2 aromatic rings. The third-order valence-corrected chi connectivity index (χ3v) is 14.6. The molecule has 0 spiro atoms. The molecule has 0 bridgehead atoms. The van der Waals surface area contributed by atoms with Crippen molar-refractivity contribution in [1.82, 2.24) is 9.80 Å². The average molecular weight is 1180 g/mol. The van der Waals surface area contributed by atoms with Crippen molar-refractivity contribution in [3.8, 4) is 23.0 Å². The topological polar surface area (TPSA) is 192 Å². The Labute approximate surface area is 465 Å². The fourth-order valence-corrected chi connectivity index (χ4v) is 10.9. The van der Waals surface area contributed by atoms with Gasteiger partial charge in [-0.15, -0.1) is 0 Å². The molecule has 20 nitrogen and oxygen atoms in total. The molecular formula is C49H62Cl6N4O16. The summed E-state index contributed by atoms with van der Waals surface area (Å²) >= 11 is 36.3. The van der Waals surface area contributed by atoms with Crippen LogP contribution in [0.25, 0.3) is 0 Å². The fourth-order valence-electron chi connectivity index (χ4n) is 10.5. The summed E-state index contributed by atoms with van der Waals surface area (Å²) in [6.45, 7) is 1.27. The second-order valence-electron chi connectivity index (χ2n) is 18.8. The SMILES string of the molecule is COc1cc2c(cc1OC)N(C(=O)OCC(Cl)(Cl)Cl)C(OC1CCCCO1)[C@@H]1[C@H](COCCCOC[C@@H]3CCN4C(=O)c5cc(OC)c(OC)cc5N(C(=O)OCC(Cl)(Cl)Cl)C(OC5CCCCO5)[C@H]34)CCN1C2=O. The number of rotatable bonds is 18. The Morgan fingerprint density at radius 1 is 0.573 bits per heavy atom. The first-order chi connectivity index (χ1) is 35.9. The van der Waals surface area contributed by atoms with Crippen LogP contribution in [0.3, 0.4) is 0 Å². The van der Waals surface area contributed by atoms with E-state index in [9.17, 15) is 19.2 Å². The molecule has 416 valence electrons. The molecule has 6 heterocycles. The maximum Gasteiger partial charge on any atom is 0.416 e. The van der Waals surface area contributed by atoms with E-state index in [1.54, 1.807) is 9.80 Å². The Morgan fingerprint density at radius 2 is 0.960 bits per heavy atom. The third-order valence-electron chi connectivity index (χ3n) is 14.0. The molecule has 0 N–H and O–H groups in total. The highest BCUT2D eigenvalue weighted by atomic mass is 35.6. The maximum absolute atomic E-state index is 14.6. The number of ether oxygens (including phenoxy) is 12. The number of nitrogens with zero attached hydrogens (tertiary/aromatic N) is 4. The predicted molar refractivity (Wildman–Crippen MR) is 276 cm³/mol. The van der Waals surface area contributed by atoms with Crippen LogP contribution in [-0.2, 0) is 37.9 Å². The molecule has 0 saturated carbocycles.